The first-order valence-electron chi connectivity index (χ1n) is 6.05. The second-order valence-electron chi connectivity index (χ2n) is 4.45. The summed E-state index contributed by atoms with van der Waals surface area (Å²) in [7, 11) is 0. The first-order valence-corrected chi connectivity index (χ1v) is 7.18. The van der Waals surface area contributed by atoms with Crippen LogP contribution in [0.5, 0.6) is 0 Å². The number of nitrogens with zero attached hydrogens (tertiary/aromatic N) is 1. The molecule has 21 heavy (non-hydrogen) atoms. The van der Waals surface area contributed by atoms with Crippen molar-refractivity contribution in [2.75, 3.05) is 5.73 Å². The fraction of sp³-hybridized carbons (Fsp3) is 0.143. The van der Waals surface area contributed by atoms with E-state index in [2.05, 4.69) is 10.3 Å². The van der Waals surface area contributed by atoms with Gasteiger partial charge >= 0.3 is 0 Å². The third-order valence-corrected chi connectivity index (χ3v) is 3.77. The number of hydrogen-bond donors (Lipinski definition) is 2. The van der Waals surface area contributed by atoms with Crippen LogP contribution in [0.25, 0.3) is 0 Å². The third kappa shape index (κ3) is 3.79. The minimum Gasteiger partial charge on any atom is -0.382 e. The molecular weight excluding hydrogens is 333 g/mol. The van der Waals surface area contributed by atoms with E-state index in [0.717, 1.165) is 5.56 Å². The van der Waals surface area contributed by atoms with E-state index < -0.39 is 0 Å². The topological polar surface area (TPSA) is 68.0 Å². The van der Waals surface area contributed by atoms with Crippen molar-refractivity contribution in [3.63, 3.8) is 0 Å². The molecule has 1 atom stereocenters. The van der Waals surface area contributed by atoms with Crippen LogP contribution in [0.2, 0.25) is 15.1 Å². The maximum absolute atomic E-state index is 12.2. The van der Waals surface area contributed by atoms with E-state index in [1.165, 1.54) is 12.3 Å². The number of nitrogen functional groups attached to an aromatic ring is 1. The molecule has 0 radical (unpaired) electrons. The molecule has 0 saturated carbocycles. The van der Waals surface area contributed by atoms with Crippen LogP contribution in [-0.2, 0) is 0 Å². The summed E-state index contributed by atoms with van der Waals surface area (Å²) in [6, 6.07) is 6.29. The number of anilines is 1. The maximum Gasteiger partial charge on any atom is 0.253 e. The second kappa shape index (κ2) is 6.52. The molecule has 0 aliphatic heterocycles. The predicted molar refractivity (Wildman–Crippen MR) is 86.0 cm³/mol. The lowest BCUT2D eigenvalue weighted by Crippen LogP contribution is -2.27. The predicted octanol–water partition coefficient (Wildman–Crippen LogP) is 4.12. The molecule has 2 rings (SSSR count). The van der Waals surface area contributed by atoms with Gasteiger partial charge in [-0.1, -0.05) is 40.9 Å². The van der Waals surface area contributed by atoms with Crippen LogP contribution in [0.15, 0.2) is 30.5 Å². The highest BCUT2D eigenvalue weighted by atomic mass is 35.5. The lowest BCUT2D eigenvalue weighted by molar-refractivity contribution is 0.0939. The summed E-state index contributed by atoms with van der Waals surface area (Å²) < 4.78 is 0. The summed E-state index contributed by atoms with van der Waals surface area (Å²) in [4.78, 5) is 16.0. The standard InChI is InChI=1S/C14H12Cl3N3O/c1-7(10-3-2-9(15)5-11(10)16)20-14(21)8-4-12(17)13(18)19-6-8/h2-7H,1H3,(H2,18,19)(H,20,21). The van der Waals surface area contributed by atoms with Gasteiger partial charge in [-0.25, -0.2) is 4.98 Å². The fourth-order valence-corrected chi connectivity index (χ4v) is 2.52. The molecule has 4 nitrogen and oxygen atoms in total. The Bertz CT molecular complexity index is 691. The number of nitrogens with one attached hydrogen (secondary N) is 1. The molecule has 0 aliphatic rings. The molecule has 1 aromatic carbocycles. The molecule has 0 bridgehead atoms. The first kappa shape index (κ1) is 15.9. The van der Waals surface area contributed by atoms with E-state index in [9.17, 15) is 4.79 Å². The molecule has 2 aromatic rings. The number of pyridine rings is 1. The van der Waals surface area contributed by atoms with Gasteiger partial charge in [-0.2, -0.15) is 0 Å². The number of halogens is 3. The Morgan fingerprint density at radius 2 is 1.95 bits per heavy atom. The molecule has 3 N–H and O–H groups in total. The summed E-state index contributed by atoms with van der Waals surface area (Å²) >= 11 is 17.8. The number of carbonyl (C=O) groups is 1. The van der Waals surface area contributed by atoms with Gasteiger partial charge in [0.05, 0.1) is 16.6 Å². The van der Waals surface area contributed by atoms with Crippen molar-refractivity contribution in [1.82, 2.24) is 10.3 Å². The largest absolute Gasteiger partial charge is 0.382 e. The van der Waals surface area contributed by atoms with E-state index in [-0.39, 0.29) is 22.8 Å². The van der Waals surface area contributed by atoms with Crippen LogP contribution < -0.4 is 11.1 Å². The Kier molecular flexibility index (Phi) is 4.93. The smallest absolute Gasteiger partial charge is 0.253 e. The quantitative estimate of drug-likeness (QED) is 0.880. The molecule has 0 spiro atoms. The zero-order valence-corrected chi connectivity index (χ0v) is 13.3. The average molecular weight is 345 g/mol. The summed E-state index contributed by atoms with van der Waals surface area (Å²) in [5.41, 5.74) is 6.60. The number of hydrogen-bond acceptors (Lipinski definition) is 3. The SMILES string of the molecule is CC(NC(=O)c1cnc(N)c(Cl)c1)c1ccc(Cl)cc1Cl. The molecule has 0 saturated heterocycles. The van der Waals surface area contributed by atoms with Crippen molar-refractivity contribution in [2.45, 2.75) is 13.0 Å². The van der Waals surface area contributed by atoms with Crippen LogP contribution in [0.1, 0.15) is 28.9 Å². The normalized spacial score (nSPS) is 12.0. The number of rotatable bonds is 3. The van der Waals surface area contributed by atoms with Crippen molar-refractivity contribution in [1.29, 1.82) is 0 Å². The van der Waals surface area contributed by atoms with E-state index in [4.69, 9.17) is 40.5 Å². The monoisotopic (exact) mass is 343 g/mol. The Labute approximate surface area is 137 Å². The summed E-state index contributed by atoms with van der Waals surface area (Å²) in [6.07, 6.45) is 1.37. The van der Waals surface area contributed by atoms with Crippen LogP contribution in [0, 0.1) is 0 Å². The molecule has 0 fully saturated rings. The van der Waals surface area contributed by atoms with Gasteiger partial charge in [-0.3, -0.25) is 4.79 Å². The Morgan fingerprint density at radius 1 is 1.24 bits per heavy atom. The molecule has 7 heteroatoms. The highest BCUT2D eigenvalue weighted by Crippen LogP contribution is 2.26. The van der Waals surface area contributed by atoms with Gasteiger partial charge < -0.3 is 11.1 Å². The van der Waals surface area contributed by atoms with E-state index in [1.54, 1.807) is 18.2 Å². The minimum atomic E-state index is -0.317. The van der Waals surface area contributed by atoms with Crippen molar-refractivity contribution < 1.29 is 4.79 Å². The lowest BCUT2D eigenvalue weighted by Gasteiger charge is -2.16. The fourth-order valence-electron chi connectivity index (χ4n) is 1.78. The third-order valence-electron chi connectivity index (χ3n) is 2.91. The zero-order valence-electron chi connectivity index (χ0n) is 11.0. The minimum absolute atomic E-state index is 0.182. The number of benzene rings is 1. The number of nitrogens with two attached hydrogens (primary N) is 1. The first-order chi connectivity index (χ1) is 9.88. The van der Waals surface area contributed by atoms with Crippen molar-refractivity contribution in [2.24, 2.45) is 0 Å². The zero-order chi connectivity index (χ0) is 15.6. The Hall–Kier alpha value is -1.49. The van der Waals surface area contributed by atoms with Gasteiger partial charge in [-0.05, 0) is 30.7 Å². The molecular formula is C14H12Cl3N3O. The summed E-state index contributed by atoms with van der Waals surface area (Å²) in [5.74, 6) is -0.134. The molecule has 1 unspecified atom stereocenters. The van der Waals surface area contributed by atoms with E-state index in [1.807, 2.05) is 6.92 Å². The van der Waals surface area contributed by atoms with Crippen LogP contribution in [0.3, 0.4) is 0 Å². The van der Waals surface area contributed by atoms with E-state index in [0.29, 0.717) is 15.6 Å². The van der Waals surface area contributed by atoms with Crippen LogP contribution >= 0.6 is 34.8 Å². The highest BCUT2D eigenvalue weighted by Gasteiger charge is 2.15. The van der Waals surface area contributed by atoms with Gasteiger partial charge in [0.2, 0.25) is 0 Å². The molecule has 1 aromatic heterocycles. The van der Waals surface area contributed by atoms with Gasteiger partial charge in [0.1, 0.15) is 5.82 Å². The molecule has 1 heterocycles. The summed E-state index contributed by atoms with van der Waals surface area (Å²) in [6.45, 7) is 1.82. The Balaban J connectivity index is 2.16. The number of aromatic nitrogens is 1. The van der Waals surface area contributed by atoms with Gasteiger partial charge in [0.25, 0.3) is 5.91 Å². The molecule has 1 amide bonds. The molecule has 0 aliphatic carbocycles. The van der Waals surface area contributed by atoms with E-state index >= 15 is 0 Å². The van der Waals surface area contributed by atoms with Crippen molar-refractivity contribution >= 4 is 46.5 Å². The highest BCUT2D eigenvalue weighted by molar-refractivity contribution is 6.35. The maximum atomic E-state index is 12.2. The molecule has 110 valence electrons. The van der Waals surface area contributed by atoms with Crippen molar-refractivity contribution in [3.05, 3.63) is 56.7 Å². The number of carbonyl (C=O) groups excluding carboxylic acids is 1. The average Bonchev–Trinajstić information content (AvgIpc) is 2.41. The second-order valence-corrected chi connectivity index (χ2v) is 5.70. The van der Waals surface area contributed by atoms with Gasteiger partial charge in [0.15, 0.2) is 0 Å². The van der Waals surface area contributed by atoms with Crippen LogP contribution in [-0.4, -0.2) is 10.9 Å². The number of amides is 1. The Morgan fingerprint density at radius 3 is 2.57 bits per heavy atom. The summed E-state index contributed by atoms with van der Waals surface area (Å²) in [5, 5.41) is 4.08. The van der Waals surface area contributed by atoms with Gasteiger partial charge in [0, 0.05) is 16.2 Å². The van der Waals surface area contributed by atoms with Gasteiger partial charge in [-0.15, -0.1) is 0 Å². The van der Waals surface area contributed by atoms with Crippen molar-refractivity contribution in [3.8, 4) is 0 Å². The van der Waals surface area contributed by atoms with Crippen LogP contribution in [0.4, 0.5) is 5.82 Å². The lowest BCUT2D eigenvalue weighted by atomic mass is 10.1.